The van der Waals surface area contributed by atoms with Crippen LogP contribution in [-0.4, -0.2) is 62.2 Å². The van der Waals surface area contributed by atoms with Crippen LogP contribution in [0.3, 0.4) is 0 Å². The summed E-state index contributed by atoms with van der Waals surface area (Å²) < 4.78 is 1.77. The Morgan fingerprint density at radius 3 is 2.42 bits per heavy atom. The molecule has 0 aliphatic carbocycles. The van der Waals surface area contributed by atoms with E-state index in [-0.39, 0.29) is 5.91 Å². The number of aryl methyl sites for hydroxylation is 2. The van der Waals surface area contributed by atoms with Crippen molar-refractivity contribution in [3.05, 3.63) is 77.9 Å². The molecule has 1 spiro atoms. The van der Waals surface area contributed by atoms with Gasteiger partial charge in [-0.2, -0.15) is 5.10 Å². The van der Waals surface area contributed by atoms with Crippen LogP contribution in [0, 0.1) is 6.92 Å². The van der Waals surface area contributed by atoms with Crippen LogP contribution in [-0.2, 0) is 24.9 Å². The van der Waals surface area contributed by atoms with Crippen molar-refractivity contribution < 1.29 is 4.79 Å². The van der Waals surface area contributed by atoms with Crippen LogP contribution in [0.15, 0.2) is 60.9 Å². The Labute approximate surface area is 195 Å². The van der Waals surface area contributed by atoms with Crippen molar-refractivity contribution in [1.82, 2.24) is 24.6 Å². The summed E-state index contributed by atoms with van der Waals surface area (Å²) in [5.74, 6) is 0.214. The van der Waals surface area contributed by atoms with Gasteiger partial charge in [0, 0.05) is 58.2 Å². The van der Waals surface area contributed by atoms with Gasteiger partial charge in [-0.05, 0) is 37.5 Å². The van der Waals surface area contributed by atoms with Crippen LogP contribution in [0.25, 0.3) is 0 Å². The Balaban J connectivity index is 1.38. The summed E-state index contributed by atoms with van der Waals surface area (Å²) in [7, 11) is 1.90. The molecule has 172 valence electrons. The van der Waals surface area contributed by atoms with Crippen molar-refractivity contribution in [1.29, 1.82) is 0 Å². The van der Waals surface area contributed by atoms with Gasteiger partial charge in [0.25, 0.3) is 0 Å². The Kier molecular flexibility index (Phi) is 6.00. The maximum Gasteiger partial charge on any atom is 0.247 e. The molecule has 2 fully saturated rings. The van der Waals surface area contributed by atoms with Gasteiger partial charge in [-0.1, -0.05) is 36.4 Å². The summed E-state index contributed by atoms with van der Waals surface area (Å²) in [6, 6.07) is 16.7. The lowest BCUT2D eigenvalue weighted by atomic mass is 9.81. The number of piperazine rings is 1. The minimum Gasteiger partial charge on any atom is -0.307 e. The SMILES string of the molecule is Cc1cccc(CN2CCC3(CC2)C(=O)N(c2cnn(C)c2)CCN3Cc2ccccc2)n1. The van der Waals surface area contributed by atoms with Gasteiger partial charge in [0.1, 0.15) is 5.54 Å². The molecular formula is C26H32N6O. The molecule has 3 aromatic rings. The van der Waals surface area contributed by atoms with Gasteiger partial charge in [-0.25, -0.2) is 0 Å². The molecule has 1 aromatic carbocycles. The Hall–Kier alpha value is -3.03. The number of anilines is 1. The second-order valence-electron chi connectivity index (χ2n) is 9.31. The summed E-state index contributed by atoms with van der Waals surface area (Å²) in [4.78, 5) is 25.5. The number of hydrogen-bond donors (Lipinski definition) is 0. The first-order valence-electron chi connectivity index (χ1n) is 11.8. The summed E-state index contributed by atoms with van der Waals surface area (Å²) in [5.41, 5.74) is 3.81. The number of pyridine rings is 1. The third kappa shape index (κ3) is 4.43. The fourth-order valence-electron chi connectivity index (χ4n) is 5.28. The highest BCUT2D eigenvalue weighted by Gasteiger charge is 2.51. The van der Waals surface area contributed by atoms with E-state index in [2.05, 4.69) is 56.3 Å². The van der Waals surface area contributed by atoms with Crippen molar-refractivity contribution in [3.8, 4) is 0 Å². The second kappa shape index (κ2) is 9.08. The number of carbonyl (C=O) groups is 1. The fourth-order valence-corrected chi connectivity index (χ4v) is 5.28. The zero-order valence-corrected chi connectivity index (χ0v) is 19.5. The molecule has 0 radical (unpaired) electrons. The van der Waals surface area contributed by atoms with Crippen LogP contribution in [0.2, 0.25) is 0 Å². The quantitative estimate of drug-likeness (QED) is 0.606. The van der Waals surface area contributed by atoms with E-state index in [1.54, 1.807) is 10.9 Å². The highest BCUT2D eigenvalue weighted by molar-refractivity contribution is 6.01. The Morgan fingerprint density at radius 1 is 0.939 bits per heavy atom. The molecule has 2 aliphatic heterocycles. The smallest absolute Gasteiger partial charge is 0.247 e. The van der Waals surface area contributed by atoms with Crippen LogP contribution in [0.5, 0.6) is 0 Å². The van der Waals surface area contributed by atoms with Crippen molar-refractivity contribution in [2.75, 3.05) is 31.1 Å². The van der Waals surface area contributed by atoms with Gasteiger partial charge in [0.2, 0.25) is 5.91 Å². The number of likely N-dealkylation sites (tertiary alicyclic amines) is 1. The van der Waals surface area contributed by atoms with Crippen LogP contribution < -0.4 is 4.90 Å². The molecule has 0 bridgehead atoms. The van der Waals surface area contributed by atoms with Gasteiger partial charge >= 0.3 is 0 Å². The van der Waals surface area contributed by atoms with E-state index in [9.17, 15) is 4.79 Å². The minimum absolute atomic E-state index is 0.214. The number of hydrogen-bond acceptors (Lipinski definition) is 5. The minimum atomic E-state index is -0.486. The monoisotopic (exact) mass is 444 g/mol. The third-order valence-electron chi connectivity index (χ3n) is 7.08. The molecule has 5 rings (SSSR count). The number of piperidine rings is 1. The summed E-state index contributed by atoms with van der Waals surface area (Å²) in [6.07, 6.45) is 5.39. The van der Waals surface area contributed by atoms with Crippen molar-refractivity contribution in [2.45, 2.75) is 38.4 Å². The number of rotatable bonds is 5. The zero-order valence-electron chi connectivity index (χ0n) is 19.5. The van der Waals surface area contributed by atoms with E-state index in [1.807, 2.05) is 37.2 Å². The number of aromatic nitrogens is 3. The molecule has 0 unspecified atom stereocenters. The van der Waals surface area contributed by atoms with E-state index in [0.29, 0.717) is 6.54 Å². The molecule has 0 atom stereocenters. The molecule has 2 saturated heterocycles. The molecule has 1 amide bonds. The van der Waals surface area contributed by atoms with Crippen molar-refractivity contribution in [2.24, 2.45) is 7.05 Å². The number of benzene rings is 1. The van der Waals surface area contributed by atoms with E-state index < -0.39 is 5.54 Å². The molecule has 33 heavy (non-hydrogen) atoms. The molecule has 2 aromatic heterocycles. The summed E-state index contributed by atoms with van der Waals surface area (Å²) in [5, 5.41) is 4.31. The van der Waals surface area contributed by atoms with E-state index in [4.69, 9.17) is 0 Å². The van der Waals surface area contributed by atoms with Gasteiger partial charge in [-0.15, -0.1) is 0 Å². The number of carbonyl (C=O) groups excluding carboxylic acids is 1. The molecule has 4 heterocycles. The Morgan fingerprint density at radius 2 is 1.73 bits per heavy atom. The van der Waals surface area contributed by atoms with E-state index in [0.717, 1.165) is 62.6 Å². The van der Waals surface area contributed by atoms with Crippen LogP contribution in [0.1, 0.15) is 29.8 Å². The fraction of sp³-hybridized carbons (Fsp3) is 0.423. The van der Waals surface area contributed by atoms with Gasteiger partial charge in [0.05, 0.1) is 17.6 Å². The highest BCUT2D eigenvalue weighted by Crippen LogP contribution is 2.37. The largest absolute Gasteiger partial charge is 0.307 e. The van der Waals surface area contributed by atoms with Gasteiger partial charge < -0.3 is 4.90 Å². The molecule has 7 nitrogen and oxygen atoms in total. The van der Waals surface area contributed by atoms with Crippen molar-refractivity contribution in [3.63, 3.8) is 0 Å². The molecular weight excluding hydrogens is 412 g/mol. The summed E-state index contributed by atoms with van der Waals surface area (Å²) >= 11 is 0. The van der Waals surface area contributed by atoms with Crippen LogP contribution >= 0.6 is 0 Å². The normalized spacial score (nSPS) is 19.3. The number of amides is 1. The molecule has 0 N–H and O–H groups in total. The zero-order chi connectivity index (χ0) is 22.8. The van der Waals surface area contributed by atoms with Gasteiger partial charge in [0.15, 0.2) is 0 Å². The standard InChI is InChI=1S/C26H32N6O/c1-21-7-6-10-23(28-21)19-30-13-11-26(12-14-30)25(33)32(24-17-27-29(2)20-24)16-15-31(26)18-22-8-4-3-5-9-22/h3-10,17,20H,11-16,18-19H2,1-2H3. The van der Waals surface area contributed by atoms with E-state index >= 15 is 0 Å². The average Bonchev–Trinajstić information content (AvgIpc) is 3.25. The van der Waals surface area contributed by atoms with Crippen LogP contribution in [0.4, 0.5) is 5.69 Å². The lowest BCUT2D eigenvalue weighted by molar-refractivity contribution is -0.138. The highest BCUT2D eigenvalue weighted by atomic mass is 16.2. The van der Waals surface area contributed by atoms with Crippen molar-refractivity contribution >= 4 is 11.6 Å². The maximum absolute atomic E-state index is 14.0. The third-order valence-corrected chi connectivity index (χ3v) is 7.08. The van der Waals surface area contributed by atoms with Gasteiger partial charge in [-0.3, -0.25) is 24.3 Å². The second-order valence-corrected chi connectivity index (χ2v) is 9.31. The maximum atomic E-state index is 14.0. The molecule has 0 saturated carbocycles. The summed E-state index contributed by atoms with van der Waals surface area (Å²) in [6.45, 7) is 6.97. The first kappa shape index (κ1) is 21.8. The lowest BCUT2D eigenvalue weighted by Crippen LogP contribution is -2.68. The predicted octanol–water partition coefficient (Wildman–Crippen LogP) is 3.01. The molecule has 2 aliphatic rings. The average molecular weight is 445 g/mol. The first-order valence-corrected chi connectivity index (χ1v) is 11.8. The van der Waals surface area contributed by atoms with E-state index in [1.165, 1.54) is 5.56 Å². The first-order chi connectivity index (χ1) is 16.0. The molecule has 7 heteroatoms. The predicted molar refractivity (Wildman–Crippen MR) is 129 cm³/mol. The topological polar surface area (TPSA) is 57.5 Å². The Bertz CT molecular complexity index is 1100. The number of nitrogens with zero attached hydrogens (tertiary/aromatic N) is 6. The lowest BCUT2D eigenvalue weighted by Gasteiger charge is -2.52.